The van der Waals surface area contributed by atoms with Crippen LogP contribution in [-0.4, -0.2) is 30.4 Å². The smallest absolute Gasteiger partial charge is 0.370 e. The Bertz CT molecular complexity index is 181. The molecule has 1 unspecified atom stereocenters. The summed E-state index contributed by atoms with van der Waals surface area (Å²) in [4.78, 5) is 10.2. The van der Waals surface area contributed by atoms with E-state index in [4.69, 9.17) is 14.6 Å². The standard InChI is InChI=1S/C8H12O4/c1-6(8(9)10)12-5-7-3-2-4-11-7/h7H,1-5H2,(H,9,10). The minimum absolute atomic E-state index is 0.0427. The number of hydrogen-bond donors (Lipinski definition) is 1. The molecule has 0 amide bonds. The maximum atomic E-state index is 10.2. The maximum absolute atomic E-state index is 10.2. The molecule has 1 heterocycles. The van der Waals surface area contributed by atoms with Crippen molar-refractivity contribution >= 4 is 5.97 Å². The van der Waals surface area contributed by atoms with E-state index in [1.165, 1.54) is 0 Å². The zero-order valence-corrected chi connectivity index (χ0v) is 6.78. The van der Waals surface area contributed by atoms with Gasteiger partial charge >= 0.3 is 5.97 Å². The summed E-state index contributed by atoms with van der Waals surface area (Å²) < 4.78 is 10.1. The molecule has 1 saturated heterocycles. The predicted molar refractivity (Wildman–Crippen MR) is 41.7 cm³/mol. The van der Waals surface area contributed by atoms with Crippen LogP contribution in [0.3, 0.4) is 0 Å². The molecule has 1 N–H and O–H groups in total. The van der Waals surface area contributed by atoms with Crippen LogP contribution in [0.4, 0.5) is 0 Å². The van der Waals surface area contributed by atoms with E-state index in [9.17, 15) is 4.79 Å². The van der Waals surface area contributed by atoms with E-state index in [1.807, 2.05) is 0 Å². The van der Waals surface area contributed by atoms with Crippen LogP contribution in [0.25, 0.3) is 0 Å². The molecule has 1 fully saturated rings. The first kappa shape index (κ1) is 9.06. The molecule has 1 atom stereocenters. The number of aliphatic carboxylic acids is 1. The normalized spacial score (nSPS) is 22.2. The Hall–Kier alpha value is -1.03. The van der Waals surface area contributed by atoms with Gasteiger partial charge in [0, 0.05) is 6.61 Å². The number of ether oxygens (including phenoxy) is 2. The molecule has 0 saturated carbocycles. The van der Waals surface area contributed by atoms with E-state index in [1.54, 1.807) is 0 Å². The van der Waals surface area contributed by atoms with E-state index >= 15 is 0 Å². The van der Waals surface area contributed by atoms with Gasteiger partial charge in [-0.05, 0) is 19.4 Å². The summed E-state index contributed by atoms with van der Waals surface area (Å²) in [5, 5.41) is 8.39. The van der Waals surface area contributed by atoms with Gasteiger partial charge in [-0.15, -0.1) is 0 Å². The molecule has 4 heteroatoms. The second kappa shape index (κ2) is 4.11. The molecule has 68 valence electrons. The molecule has 1 aliphatic rings. The van der Waals surface area contributed by atoms with Crippen molar-refractivity contribution in [3.63, 3.8) is 0 Å². The van der Waals surface area contributed by atoms with Crippen LogP contribution >= 0.6 is 0 Å². The average molecular weight is 172 g/mol. The van der Waals surface area contributed by atoms with Crippen molar-refractivity contribution in [3.8, 4) is 0 Å². The highest BCUT2D eigenvalue weighted by molar-refractivity contribution is 5.83. The molecular weight excluding hydrogens is 160 g/mol. The van der Waals surface area contributed by atoms with Gasteiger partial charge in [0.15, 0.2) is 5.76 Å². The quantitative estimate of drug-likeness (QED) is 0.503. The van der Waals surface area contributed by atoms with E-state index in [-0.39, 0.29) is 11.9 Å². The number of carboxylic acids is 1. The van der Waals surface area contributed by atoms with Crippen molar-refractivity contribution in [1.29, 1.82) is 0 Å². The largest absolute Gasteiger partial charge is 0.484 e. The Labute approximate surface area is 70.8 Å². The molecule has 0 spiro atoms. The van der Waals surface area contributed by atoms with Gasteiger partial charge < -0.3 is 14.6 Å². The first-order chi connectivity index (χ1) is 5.70. The van der Waals surface area contributed by atoms with Crippen LogP contribution in [0.1, 0.15) is 12.8 Å². The Balaban J connectivity index is 2.16. The van der Waals surface area contributed by atoms with Gasteiger partial charge in [-0.2, -0.15) is 0 Å². The Morgan fingerprint density at radius 1 is 1.75 bits per heavy atom. The van der Waals surface area contributed by atoms with Gasteiger partial charge in [-0.25, -0.2) is 4.79 Å². The van der Waals surface area contributed by atoms with Crippen molar-refractivity contribution in [1.82, 2.24) is 0 Å². The SMILES string of the molecule is C=C(OCC1CCCO1)C(=O)O. The molecule has 1 rings (SSSR count). The lowest BCUT2D eigenvalue weighted by atomic mass is 10.2. The van der Waals surface area contributed by atoms with E-state index in [0.29, 0.717) is 6.61 Å². The predicted octanol–water partition coefficient (Wildman–Crippen LogP) is 0.780. The highest BCUT2D eigenvalue weighted by Crippen LogP contribution is 2.12. The Kier molecular flexibility index (Phi) is 3.10. The number of rotatable bonds is 4. The third kappa shape index (κ3) is 2.54. The van der Waals surface area contributed by atoms with Crippen molar-refractivity contribution in [2.24, 2.45) is 0 Å². The van der Waals surface area contributed by atoms with Crippen LogP contribution in [0, 0.1) is 0 Å². The van der Waals surface area contributed by atoms with Crippen LogP contribution in [0.2, 0.25) is 0 Å². The first-order valence-corrected chi connectivity index (χ1v) is 3.86. The van der Waals surface area contributed by atoms with Gasteiger partial charge in [-0.3, -0.25) is 0 Å². The van der Waals surface area contributed by atoms with Gasteiger partial charge in [0.25, 0.3) is 0 Å². The molecule has 0 radical (unpaired) electrons. The van der Waals surface area contributed by atoms with Crippen LogP contribution in [0.15, 0.2) is 12.3 Å². The fourth-order valence-electron chi connectivity index (χ4n) is 1.03. The summed E-state index contributed by atoms with van der Waals surface area (Å²) in [6, 6.07) is 0. The van der Waals surface area contributed by atoms with Crippen molar-refractivity contribution in [3.05, 3.63) is 12.3 Å². The summed E-state index contributed by atoms with van der Waals surface area (Å²) >= 11 is 0. The lowest BCUT2D eigenvalue weighted by Crippen LogP contribution is -2.16. The van der Waals surface area contributed by atoms with Crippen LogP contribution in [0.5, 0.6) is 0 Å². The Morgan fingerprint density at radius 2 is 2.50 bits per heavy atom. The lowest BCUT2D eigenvalue weighted by Gasteiger charge is -2.10. The summed E-state index contributed by atoms with van der Waals surface area (Å²) in [7, 11) is 0. The molecule has 0 bridgehead atoms. The average Bonchev–Trinajstić information content (AvgIpc) is 2.51. The topological polar surface area (TPSA) is 55.8 Å². The summed E-state index contributed by atoms with van der Waals surface area (Å²) in [5.74, 6) is -1.33. The molecule has 12 heavy (non-hydrogen) atoms. The van der Waals surface area contributed by atoms with Crippen LogP contribution < -0.4 is 0 Å². The molecule has 1 aliphatic heterocycles. The van der Waals surface area contributed by atoms with Crippen molar-refractivity contribution in [2.45, 2.75) is 18.9 Å². The molecule has 0 aromatic rings. The van der Waals surface area contributed by atoms with Crippen molar-refractivity contribution < 1.29 is 19.4 Å². The Morgan fingerprint density at radius 3 is 3.00 bits per heavy atom. The first-order valence-electron chi connectivity index (χ1n) is 3.86. The zero-order valence-electron chi connectivity index (χ0n) is 6.78. The fourth-order valence-corrected chi connectivity index (χ4v) is 1.03. The number of carbonyl (C=O) groups is 1. The number of hydrogen-bond acceptors (Lipinski definition) is 3. The molecule has 4 nitrogen and oxygen atoms in total. The number of carboxylic acid groups (broad SMARTS) is 1. The molecule has 0 aromatic heterocycles. The molecular formula is C8H12O4. The molecule has 0 aliphatic carbocycles. The summed E-state index contributed by atoms with van der Waals surface area (Å²) in [6.45, 7) is 4.28. The van der Waals surface area contributed by atoms with Crippen molar-refractivity contribution in [2.75, 3.05) is 13.2 Å². The van der Waals surface area contributed by atoms with Gasteiger partial charge in [0.2, 0.25) is 0 Å². The minimum atomic E-state index is -1.12. The van der Waals surface area contributed by atoms with Gasteiger partial charge in [0.05, 0.1) is 6.10 Å². The molecule has 0 aromatic carbocycles. The lowest BCUT2D eigenvalue weighted by molar-refractivity contribution is -0.137. The van der Waals surface area contributed by atoms with Crippen LogP contribution in [-0.2, 0) is 14.3 Å². The summed E-state index contributed by atoms with van der Waals surface area (Å²) in [6.07, 6.45) is 2.00. The summed E-state index contributed by atoms with van der Waals surface area (Å²) in [5.41, 5.74) is 0. The van der Waals surface area contributed by atoms with E-state index in [2.05, 4.69) is 6.58 Å². The van der Waals surface area contributed by atoms with E-state index in [0.717, 1.165) is 19.4 Å². The monoisotopic (exact) mass is 172 g/mol. The fraction of sp³-hybridized carbons (Fsp3) is 0.625. The third-order valence-electron chi connectivity index (χ3n) is 1.71. The third-order valence-corrected chi connectivity index (χ3v) is 1.71. The highest BCUT2D eigenvalue weighted by Gasteiger charge is 2.17. The second-order valence-corrected chi connectivity index (χ2v) is 2.67. The van der Waals surface area contributed by atoms with E-state index < -0.39 is 5.97 Å². The minimum Gasteiger partial charge on any atom is -0.484 e. The van der Waals surface area contributed by atoms with Gasteiger partial charge in [-0.1, -0.05) is 0 Å². The second-order valence-electron chi connectivity index (χ2n) is 2.67. The maximum Gasteiger partial charge on any atom is 0.370 e. The highest BCUT2D eigenvalue weighted by atomic mass is 16.5. The zero-order chi connectivity index (χ0) is 8.97. The van der Waals surface area contributed by atoms with Gasteiger partial charge in [0.1, 0.15) is 6.61 Å².